The van der Waals surface area contributed by atoms with Gasteiger partial charge in [-0.25, -0.2) is 4.09 Å². The van der Waals surface area contributed by atoms with Gasteiger partial charge in [0.25, 0.3) is 0 Å². The molecule has 64 valence electrons. The minimum absolute atomic E-state index is 0.547. The van der Waals surface area contributed by atoms with Gasteiger partial charge < -0.3 is 0 Å². The first-order valence-electron chi connectivity index (χ1n) is 3.94. The second-order valence-electron chi connectivity index (χ2n) is 2.35. The highest BCUT2D eigenvalue weighted by atomic mass is 32.1. The van der Waals surface area contributed by atoms with Crippen LogP contribution in [0.4, 0.5) is 0 Å². The lowest BCUT2D eigenvalue weighted by Crippen LogP contribution is -1.81. The Morgan fingerprint density at radius 2 is 2.00 bits per heavy atom. The van der Waals surface area contributed by atoms with Crippen molar-refractivity contribution in [2.75, 3.05) is 0 Å². The van der Waals surface area contributed by atoms with Crippen molar-refractivity contribution >= 4 is 12.8 Å². The molecule has 1 aromatic heterocycles. The van der Waals surface area contributed by atoms with E-state index in [1.807, 2.05) is 26.2 Å². The van der Waals surface area contributed by atoms with Gasteiger partial charge in [-0.15, -0.1) is 0 Å². The highest BCUT2D eigenvalue weighted by Crippen LogP contribution is 2.11. The Balaban J connectivity index is 0.000000461. The molecule has 1 rings (SSSR count). The summed E-state index contributed by atoms with van der Waals surface area (Å²) in [6, 6.07) is 0. The molecule has 11 heavy (non-hydrogen) atoms. The van der Waals surface area contributed by atoms with E-state index in [0.29, 0.717) is 5.92 Å². The van der Waals surface area contributed by atoms with Gasteiger partial charge in [-0.3, -0.25) is 0 Å². The molecule has 0 bridgehead atoms. The Morgan fingerprint density at radius 3 is 2.18 bits per heavy atom. The predicted molar refractivity (Wildman–Crippen MR) is 52.0 cm³/mol. The largest absolute Gasteiger partial charge is 0.217 e. The lowest BCUT2D eigenvalue weighted by Gasteiger charge is -1.95. The Labute approximate surface area is 74.2 Å². The first kappa shape index (κ1) is 10.6. The average Bonchev–Trinajstić information content (AvgIpc) is 2.40. The summed E-state index contributed by atoms with van der Waals surface area (Å²) in [7, 11) is 0. The van der Waals surface area contributed by atoms with Crippen molar-refractivity contribution < 1.29 is 0 Å². The van der Waals surface area contributed by atoms with Gasteiger partial charge in [0.1, 0.15) is 0 Å². The summed E-state index contributed by atoms with van der Waals surface area (Å²) in [6.45, 7) is 8.26. The van der Waals surface area contributed by atoms with Gasteiger partial charge in [-0.2, -0.15) is 5.10 Å². The smallest absolute Gasteiger partial charge is 0.0534 e. The molecule has 2 nitrogen and oxygen atoms in total. The molecule has 1 aromatic rings. The SMILES string of the molecule is CC.CC(C)c1cnn(S)c1. The van der Waals surface area contributed by atoms with Crippen LogP contribution in [0.1, 0.15) is 39.2 Å². The van der Waals surface area contributed by atoms with Crippen LogP contribution in [0.3, 0.4) is 0 Å². The van der Waals surface area contributed by atoms with Crippen LogP contribution in [0.5, 0.6) is 0 Å². The monoisotopic (exact) mass is 172 g/mol. The number of hydrogen-bond acceptors (Lipinski definition) is 2. The summed E-state index contributed by atoms with van der Waals surface area (Å²) < 4.78 is 1.52. The third-order valence-corrected chi connectivity index (χ3v) is 1.48. The van der Waals surface area contributed by atoms with Crippen LogP contribution < -0.4 is 0 Å². The maximum atomic E-state index is 4.01. The zero-order valence-electron chi connectivity index (χ0n) is 7.57. The number of hydrogen-bond donors (Lipinski definition) is 1. The standard InChI is InChI=1S/C6H10N2S.C2H6/c1-5(2)6-3-7-8(9)4-6;1-2/h3-5,9H,1-2H3;1-2H3. The van der Waals surface area contributed by atoms with Gasteiger partial charge in [0.05, 0.1) is 6.20 Å². The van der Waals surface area contributed by atoms with E-state index in [1.54, 1.807) is 0 Å². The van der Waals surface area contributed by atoms with Crippen molar-refractivity contribution in [2.45, 2.75) is 33.6 Å². The van der Waals surface area contributed by atoms with Gasteiger partial charge in [0.2, 0.25) is 0 Å². The maximum absolute atomic E-state index is 4.01. The fourth-order valence-corrected chi connectivity index (χ4v) is 0.809. The molecule has 0 aliphatic carbocycles. The van der Waals surface area contributed by atoms with Crippen molar-refractivity contribution in [3.05, 3.63) is 18.0 Å². The molecular weight excluding hydrogens is 156 g/mol. The van der Waals surface area contributed by atoms with Crippen molar-refractivity contribution in [1.29, 1.82) is 0 Å². The highest BCUT2D eigenvalue weighted by molar-refractivity contribution is 7.78. The Morgan fingerprint density at radius 1 is 1.45 bits per heavy atom. The lowest BCUT2D eigenvalue weighted by molar-refractivity contribution is 0.867. The third-order valence-electron chi connectivity index (χ3n) is 1.26. The highest BCUT2D eigenvalue weighted by Gasteiger charge is 1.99. The van der Waals surface area contributed by atoms with Gasteiger partial charge >= 0.3 is 0 Å². The van der Waals surface area contributed by atoms with Gasteiger partial charge in [0.15, 0.2) is 0 Å². The first-order chi connectivity index (χ1) is 5.20. The van der Waals surface area contributed by atoms with Crippen LogP contribution in [0.15, 0.2) is 12.4 Å². The first-order valence-corrected chi connectivity index (χ1v) is 4.34. The van der Waals surface area contributed by atoms with Gasteiger partial charge in [-0.1, -0.05) is 27.7 Å². The van der Waals surface area contributed by atoms with Gasteiger partial charge in [-0.05, 0) is 24.3 Å². The van der Waals surface area contributed by atoms with Crippen molar-refractivity contribution in [3.8, 4) is 0 Å². The van der Waals surface area contributed by atoms with E-state index < -0.39 is 0 Å². The molecule has 0 aliphatic heterocycles. The molecule has 0 radical (unpaired) electrons. The molecule has 0 atom stereocenters. The van der Waals surface area contributed by atoms with E-state index in [9.17, 15) is 0 Å². The minimum atomic E-state index is 0.547. The molecule has 0 unspecified atom stereocenters. The quantitative estimate of drug-likeness (QED) is 0.645. The van der Waals surface area contributed by atoms with Crippen LogP contribution >= 0.6 is 12.8 Å². The zero-order valence-corrected chi connectivity index (χ0v) is 8.47. The molecule has 0 saturated heterocycles. The van der Waals surface area contributed by atoms with Crippen molar-refractivity contribution in [1.82, 2.24) is 9.19 Å². The lowest BCUT2D eigenvalue weighted by atomic mass is 10.1. The van der Waals surface area contributed by atoms with E-state index in [2.05, 4.69) is 31.8 Å². The minimum Gasteiger partial charge on any atom is -0.217 e. The molecule has 0 N–H and O–H groups in total. The molecule has 0 amide bonds. The molecule has 0 spiro atoms. The van der Waals surface area contributed by atoms with Crippen LogP contribution in [0.2, 0.25) is 0 Å². The Hall–Kier alpha value is -0.440. The van der Waals surface area contributed by atoms with E-state index in [0.717, 1.165) is 0 Å². The summed E-state index contributed by atoms with van der Waals surface area (Å²) in [4.78, 5) is 0. The second kappa shape index (κ2) is 5.24. The molecular formula is C8H16N2S. The van der Waals surface area contributed by atoms with E-state index in [-0.39, 0.29) is 0 Å². The van der Waals surface area contributed by atoms with E-state index in [4.69, 9.17) is 0 Å². The van der Waals surface area contributed by atoms with Crippen LogP contribution in [-0.2, 0) is 0 Å². The molecule has 0 aromatic carbocycles. The van der Waals surface area contributed by atoms with Crippen molar-refractivity contribution in [3.63, 3.8) is 0 Å². The number of aromatic nitrogens is 2. The Bertz CT molecular complexity index is 194. The molecule has 0 aliphatic rings. The van der Waals surface area contributed by atoms with E-state index in [1.165, 1.54) is 9.65 Å². The summed E-state index contributed by atoms with van der Waals surface area (Å²) in [5, 5.41) is 3.92. The predicted octanol–water partition coefficient (Wildman–Crippen LogP) is 2.73. The second-order valence-corrected chi connectivity index (χ2v) is 2.76. The summed E-state index contributed by atoms with van der Waals surface area (Å²) >= 11 is 4.01. The van der Waals surface area contributed by atoms with Crippen molar-refractivity contribution in [2.24, 2.45) is 0 Å². The third kappa shape index (κ3) is 3.46. The van der Waals surface area contributed by atoms with E-state index >= 15 is 0 Å². The fourth-order valence-electron chi connectivity index (χ4n) is 0.624. The Kier molecular flexibility index (Phi) is 5.03. The van der Waals surface area contributed by atoms with Crippen LogP contribution in [-0.4, -0.2) is 9.19 Å². The fraction of sp³-hybridized carbons (Fsp3) is 0.625. The summed E-state index contributed by atoms with van der Waals surface area (Å²) in [5.74, 6) is 0.547. The molecule has 3 heteroatoms. The maximum Gasteiger partial charge on any atom is 0.0534 e. The average molecular weight is 172 g/mol. The molecule has 0 fully saturated rings. The molecule has 0 saturated carbocycles. The molecule has 1 heterocycles. The summed E-state index contributed by atoms with van der Waals surface area (Å²) in [5.41, 5.74) is 1.23. The zero-order chi connectivity index (χ0) is 8.85. The number of nitrogens with zero attached hydrogens (tertiary/aromatic N) is 2. The topological polar surface area (TPSA) is 17.8 Å². The summed E-state index contributed by atoms with van der Waals surface area (Å²) in [6.07, 6.45) is 3.74. The van der Waals surface area contributed by atoms with Gasteiger partial charge in [0, 0.05) is 6.20 Å². The van der Waals surface area contributed by atoms with Crippen LogP contribution in [0, 0.1) is 0 Å². The number of rotatable bonds is 1. The normalized spacial score (nSPS) is 9.27. The van der Waals surface area contributed by atoms with Crippen LogP contribution in [0.25, 0.3) is 0 Å². The number of thiol groups is 1.